The summed E-state index contributed by atoms with van der Waals surface area (Å²) in [7, 11) is 1.86. The van der Waals surface area contributed by atoms with E-state index >= 15 is 0 Å². The van der Waals surface area contributed by atoms with Gasteiger partial charge in [-0.05, 0) is 7.05 Å². The Morgan fingerprint density at radius 2 is 1.70 bits per heavy atom. The summed E-state index contributed by atoms with van der Waals surface area (Å²) in [5, 5.41) is 3.14. The molecule has 2 fully saturated rings. The molecular weight excluding hydrogens is 258 g/mol. The molecule has 2 aliphatic rings. The first-order chi connectivity index (χ1) is 9.54. The van der Waals surface area contributed by atoms with Gasteiger partial charge in [-0.3, -0.25) is 9.59 Å². The van der Waals surface area contributed by atoms with Crippen molar-refractivity contribution in [1.29, 1.82) is 0 Å². The van der Waals surface area contributed by atoms with Gasteiger partial charge in [-0.15, -0.1) is 0 Å². The molecule has 2 aliphatic heterocycles. The van der Waals surface area contributed by atoms with Crippen LogP contribution in [0.3, 0.4) is 0 Å². The number of hydrogen-bond donors (Lipinski definition) is 1. The van der Waals surface area contributed by atoms with Crippen molar-refractivity contribution in [2.24, 2.45) is 11.8 Å². The highest BCUT2D eigenvalue weighted by atomic mass is 16.5. The number of rotatable bonds is 3. The molecule has 114 valence electrons. The van der Waals surface area contributed by atoms with Crippen LogP contribution in [0.25, 0.3) is 0 Å². The Kier molecular flexibility index (Phi) is 4.99. The lowest BCUT2D eigenvalue weighted by Crippen LogP contribution is -2.54. The van der Waals surface area contributed by atoms with Gasteiger partial charge in [0.05, 0.1) is 19.1 Å². The lowest BCUT2D eigenvalue weighted by molar-refractivity contribution is -0.143. The average molecular weight is 283 g/mol. The third-order valence-corrected chi connectivity index (χ3v) is 4.17. The molecular formula is C14H25N3O3. The van der Waals surface area contributed by atoms with Gasteiger partial charge in [0.2, 0.25) is 11.8 Å². The Labute approximate surface area is 120 Å². The second-order valence-electron chi connectivity index (χ2n) is 5.84. The number of piperazine rings is 1. The summed E-state index contributed by atoms with van der Waals surface area (Å²) in [6, 6.07) is 0.109. The fourth-order valence-electron chi connectivity index (χ4n) is 2.83. The summed E-state index contributed by atoms with van der Waals surface area (Å²) in [6.07, 6.45) is 0. The highest BCUT2D eigenvalue weighted by molar-refractivity contribution is 5.81. The van der Waals surface area contributed by atoms with Crippen molar-refractivity contribution in [3.8, 4) is 0 Å². The highest BCUT2D eigenvalue weighted by Gasteiger charge is 2.37. The summed E-state index contributed by atoms with van der Waals surface area (Å²) in [6.45, 7) is 7.45. The minimum atomic E-state index is -0.0904. The molecule has 2 saturated heterocycles. The lowest BCUT2D eigenvalue weighted by Gasteiger charge is -2.37. The average Bonchev–Trinajstić information content (AvgIpc) is 2.94. The van der Waals surface area contributed by atoms with E-state index in [2.05, 4.69) is 5.32 Å². The van der Waals surface area contributed by atoms with Crippen molar-refractivity contribution in [1.82, 2.24) is 15.1 Å². The van der Waals surface area contributed by atoms with Crippen LogP contribution in [0.1, 0.15) is 13.8 Å². The molecule has 1 N–H and O–H groups in total. The van der Waals surface area contributed by atoms with Gasteiger partial charge in [0.1, 0.15) is 0 Å². The predicted molar refractivity (Wildman–Crippen MR) is 75.2 cm³/mol. The van der Waals surface area contributed by atoms with Gasteiger partial charge in [-0.1, -0.05) is 13.8 Å². The lowest BCUT2D eigenvalue weighted by atomic mass is 10.0. The molecule has 2 heterocycles. The standard InChI is InChI=1S/C14H25N3O3/c1-10(2)13(18)16-4-6-17(7-5-16)14(19)11-8-20-9-12(11)15-3/h10-12,15H,4-9H2,1-3H3. The van der Waals surface area contributed by atoms with E-state index in [1.54, 1.807) is 0 Å². The summed E-state index contributed by atoms with van der Waals surface area (Å²) < 4.78 is 5.39. The molecule has 2 atom stereocenters. The van der Waals surface area contributed by atoms with Crippen LogP contribution in [0.15, 0.2) is 0 Å². The molecule has 0 saturated carbocycles. The van der Waals surface area contributed by atoms with E-state index in [1.807, 2.05) is 30.7 Å². The maximum absolute atomic E-state index is 12.5. The molecule has 0 aromatic rings. The van der Waals surface area contributed by atoms with Crippen molar-refractivity contribution in [3.63, 3.8) is 0 Å². The van der Waals surface area contributed by atoms with Crippen molar-refractivity contribution in [3.05, 3.63) is 0 Å². The summed E-state index contributed by atoms with van der Waals surface area (Å²) >= 11 is 0. The van der Waals surface area contributed by atoms with E-state index in [1.165, 1.54) is 0 Å². The number of nitrogens with zero attached hydrogens (tertiary/aromatic N) is 2. The first kappa shape index (κ1) is 15.3. The van der Waals surface area contributed by atoms with Gasteiger partial charge in [0, 0.05) is 38.1 Å². The monoisotopic (exact) mass is 283 g/mol. The maximum atomic E-state index is 12.5. The Morgan fingerprint density at radius 3 is 2.25 bits per heavy atom. The summed E-state index contributed by atoms with van der Waals surface area (Å²) in [5.41, 5.74) is 0. The minimum absolute atomic E-state index is 0.0224. The number of ether oxygens (including phenoxy) is 1. The van der Waals surface area contributed by atoms with Crippen LogP contribution in [-0.4, -0.2) is 74.1 Å². The second-order valence-corrected chi connectivity index (χ2v) is 5.84. The minimum Gasteiger partial charge on any atom is -0.379 e. The molecule has 2 unspecified atom stereocenters. The van der Waals surface area contributed by atoms with Crippen LogP contribution in [0.2, 0.25) is 0 Å². The van der Waals surface area contributed by atoms with Crippen LogP contribution >= 0.6 is 0 Å². The molecule has 6 nitrogen and oxygen atoms in total. The third-order valence-electron chi connectivity index (χ3n) is 4.17. The molecule has 2 rings (SSSR count). The van der Waals surface area contributed by atoms with E-state index in [-0.39, 0.29) is 29.7 Å². The Morgan fingerprint density at radius 1 is 1.10 bits per heavy atom. The number of likely N-dealkylation sites (N-methyl/N-ethyl adjacent to an activating group) is 1. The summed E-state index contributed by atoms with van der Waals surface area (Å²) in [5.74, 6) is 0.259. The van der Waals surface area contributed by atoms with Crippen LogP contribution in [0.5, 0.6) is 0 Å². The number of carbonyl (C=O) groups excluding carboxylic acids is 2. The fourth-order valence-corrected chi connectivity index (χ4v) is 2.83. The molecule has 6 heteroatoms. The quantitative estimate of drug-likeness (QED) is 0.762. The maximum Gasteiger partial charge on any atom is 0.229 e. The smallest absolute Gasteiger partial charge is 0.229 e. The SMILES string of the molecule is CNC1COCC1C(=O)N1CCN(C(=O)C(C)C)CC1. The molecule has 0 aromatic heterocycles. The third kappa shape index (κ3) is 3.12. The Hall–Kier alpha value is -1.14. The van der Waals surface area contributed by atoms with Gasteiger partial charge in [0.15, 0.2) is 0 Å². The van der Waals surface area contributed by atoms with Gasteiger partial charge in [-0.25, -0.2) is 0 Å². The van der Waals surface area contributed by atoms with Crippen molar-refractivity contribution in [2.75, 3.05) is 46.4 Å². The zero-order valence-corrected chi connectivity index (χ0v) is 12.6. The zero-order valence-electron chi connectivity index (χ0n) is 12.6. The highest BCUT2D eigenvalue weighted by Crippen LogP contribution is 2.18. The van der Waals surface area contributed by atoms with Crippen molar-refractivity contribution in [2.45, 2.75) is 19.9 Å². The van der Waals surface area contributed by atoms with Gasteiger partial charge in [-0.2, -0.15) is 0 Å². The number of hydrogen-bond acceptors (Lipinski definition) is 4. The number of nitrogens with one attached hydrogen (secondary N) is 1. The van der Waals surface area contributed by atoms with Crippen LogP contribution in [0, 0.1) is 11.8 Å². The van der Waals surface area contributed by atoms with Gasteiger partial charge >= 0.3 is 0 Å². The van der Waals surface area contributed by atoms with Crippen LogP contribution < -0.4 is 5.32 Å². The van der Waals surface area contributed by atoms with E-state index in [0.717, 1.165) is 0 Å². The van der Waals surface area contributed by atoms with E-state index in [0.29, 0.717) is 39.4 Å². The zero-order chi connectivity index (χ0) is 14.7. The molecule has 2 amide bonds. The van der Waals surface area contributed by atoms with Gasteiger partial charge < -0.3 is 19.9 Å². The van der Waals surface area contributed by atoms with Gasteiger partial charge in [0.25, 0.3) is 0 Å². The van der Waals surface area contributed by atoms with E-state index in [9.17, 15) is 9.59 Å². The van der Waals surface area contributed by atoms with Crippen LogP contribution in [0.4, 0.5) is 0 Å². The molecule has 0 aliphatic carbocycles. The van der Waals surface area contributed by atoms with Crippen molar-refractivity contribution < 1.29 is 14.3 Å². The fraction of sp³-hybridized carbons (Fsp3) is 0.857. The molecule has 0 radical (unpaired) electrons. The van der Waals surface area contributed by atoms with E-state index < -0.39 is 0 Å². The molecule has 20 heavy (non-hydrogen) atoms. The molecule has 0 bridgehead atoms. The number of amides is 2. The van der Waals surface area contributed by atoms with Crippen molar-refractivity contribution >= 4 is 11.8 Å². The van der Waals surface area contributed by atoms with E-state index in [4.69, 9.17) is 4.74 Å². The second kappa shape index (κ2) is 6.54. The summed E-state index contributed by atoms with van der Waals surface area (Å²) in [4.78, 5) is 28.1. The first-order valence-corrected chi connectivity index (χ1v) is 7.37. The molecule has 0 spiro atoms. The molecule has 0 aromatic carbocycles. The first-order valence-electron chi connectivity index (χ1n) is 7.37. The Balaban J connectivity index is 1.87. The van der Waals surface area contributed by atoms with Crippen LogP contribution in [-0.2, 0) is 14.3 Å². The largest absolute Gasteiger partial charge is 0.379 e. The topological polar surface area (TPSA) is 61.9 Å². The normalized spacial score (nSPS) is 27.2. The predicted octanol–water partition coefficient (Wildman–Crippen LogP) is -0.452. The number of carbonyl (C=O) groups is 2. The Bertz CT molecular complexity index is 365.